The molecule has 0 spiro atoms. The Balaban J connectivity index is 3.45. The molecule has 0 bridgehead atoms. The Labute approximate surface area is 455 Å². The zero-order chi connectivity index (χ0) is 52.9. The highest BCUT2D eigenvalue weighted by molar-refractivity contribution is 5.76. The summed E-state index contributed by atoms with van der Waals surface area (Å²) in [5.41, 5.74) is 0. The topological polar surface area (TPSA) is 95.9 Å². The minimum atomic E-state index is -0.852. The molecule has 6 heteroatoms. The molecule has 0 saturated heterocycles. The molecule has 0 aromatic rings. The Morgan fingerprint density at radius 1 is 0.370 bits per heavy atom. The predicted octanol–water partition coefficient (Wildman–Crippen LogP) is 20.8. The zero-order valence-electron chi connectivity index (χ0n) is 49.1. The SMILES string of the molecule is CCCCCCCC/C=C\CCCCCCCCCCCC(=O)OCCCCCCCCCC/C=C\CCCCCCCCCC(=O)NC(CO)C(O)/C=C/CCCCCCCCCCCCCCCCCC. The van der Waals surface area contributed by atoms with E-state index in [0.29, 0.717) is 19.4 Å². The van der Waals surface area contributed by atoms with E-state index in [9.17, 15) is 19.8 Å². The van der Waals surface area contributed by atoms with Crippen molar-refractivity contribution in [3.63, 3.8) is 0 Å². The fraction of sp³-hybridized carbons (Fsp3) is 0.881. The summed E-state index contributed by atoms with van der Waals surface area (Å²) in [6.07, 6.45) is 79.0. The van der Waals surface area contributed by atoms with E-state index in [-0.39, 0.29) is 18.5 Å². The molecule has 0 saturated carbocycles. The molecule has 430 valence electrons. The number of aliphatic hydroxyl groups is 2. The third-order valence-electron chi connectivity index (χ3n) is 15.1. The van der Waals surface area contributed by atoms with Gasteiger partial charge in [0.1, 0.15) is 0 Å². The normalized spacial score (nSPS) is 12.8. The summed E-state index contributed by atoms with van der Waals surface area (Å²) < 4.78 is 5.50. The Morgan fingerprint density at radius 3 is 0.973 bits per heavy atom. The summed E-state index contributed by atoms with van der Waals surface area (Å²) in [6, 6.07) is -0.636. The van der Waals surface area contributed by atoms with E-state index in [1.54, 1.807) is 6.08 Å². The van der Waals surface area contributed by atoms with Crippen LogP contribution in [-0.4, -0.2) is 47.4 Å². The molecule has 0 rings (SSSR count). The first-order valence-electron chi connectivity index (χ1n) is 32.8. The van der Waals surface area contributed by atoms with E-state index in [4.69, 9.17) is 4.74 Å². The van der Waals surface area contributed by atoms with Crippen LogP contribution in [0.15, 0.2) is 36.5 Å². The van der Waals surface area contributed by atoms with Crippen LogP contribution in [0.25, 0.3) is 0 Å². The van der Waals surface area contributed by atoms with Crippen molar-refractivity contribution in [1.82, 2.24) is 5.32 Å². The van der Waals surface area contributed by atoms with Crippen LogP contribution < -0.4 is 5.32 Å². The molecule has 0 aliphatic heterocycles. The number of nitrogens with one attached hydrogen (secondary N) is 1. The lowest BCUT2D eigenvalue weighted by atomic mass is 10.0. The average molecular weight is 1030 g/mol. The number of rotatable bonds is 61. The summed E-state index contributed by atoms with van der Waals surface area (Å²) in [5.74, 6) is -0.0723. The molecule has 0 heterocycles. The van der Waals surface area contributed by atoms with Gasteiger partial charge >= 0.3 is 5.97 Å². The van der Waals surface area contributed by atoms with Crippen LogP contribution >= 0.6 is 0 Å². The van der Waals surface area contributed by atoms with Gasteiger partial charge in [-0.15, -0.1) is 0 Å². The van der Waals surface area contributed by atoms with Crippen molar-refractivity contribution in [2.75, 3.05) is 13.2 Å². The largest absolute Gasteiger partial charge is 0.466 e. The average Bonchev–Trinajstić information content (AvgIpc) is 3.39. The maximum Gasteiger partial charge on any atom is 0.305 e. The number of aliphatic hydroxyl groups excluding tert-OH is 2. The van der Waals surface area contributed by atoms with Crippen molar-refractivity contribution in [2.45, 2.75) is 366 Å². The van der Waals surface area contributed by atoms with Gasteiger partial charge in [-0.3, -0.25) is 9.59 Å². The van der Waals surface area contributed by atoms with Gasteiger partial charge in [0.05, 0.1) is 25.4 Å². The van der Waals surface area contributed by atoms with Crippen LogP contribution in [0.5, 0.6) is 0 Å². The maximum absolute atomic E-state index is 12.5. The first-order chi connectivity index (χ1) is 36.0. The Kier molecular flexibility index (Phi) is 61.0. The summed E-state index contributed by atoms with van der Waals surface area (Å²) in [7, 11) is 0. The van der Waals surface area contributed by atoms with Gasteiger partial charge in [0.15, 0.2) is 0 Å². The van der Waals surface area contributed by atoms with Crippen LogP contribution in [0.3, 0.4) is 0 Å². The first-order valence-corrected chi connectivity index (χ1v) is 32.8. The van der Waals surface area contributed by atoms with Crippen LogP contribution in [-0.2, 0) is 14.3 Å². The molecular formula is C67H127NO5. The number of carbonyl (C=O) groups is 2. The van der Waals surface area contributed by atoms with Gasteiger partial charge in [0.25, 0.3) is 0 Å². The smallest absolute Gasteiger partial charge is 0.305 e. The molecule has 73 heavy (non-hydrogen) atoms. The van der Waals surface area contributed by atoms with Crippen molar-refractivity contribution in [1.29, 1.82) is 0 Å². The number of hydrogen-bond donors (Lipinski definition) is 3. The van der Waals surface area contributed by atoms with Crippen LogP contribution in [0.1, 0.15) is 354 Å². The van der Waals surface area contributed by atoms with Gasteiger partial charge in [-0.1, -0.05) is 294 Å². The lowest BCUT2D eigenvalue weighted by molar-refractivity contribution is -0.143. The fourth-order valence-corrected chi connectivity index (χ4v) is 10.1. The number of carbonyl (C=O) groups excluding carboxylic acids is 2. The molecule has 1 amide bonds. The second-order valence-corrected chi connectivity index (χ2v) is 22.4. The molecule has 0 aliphatic carbocycles. The van der Waals surface area contributed by atoms with Crippen LogP contribution in [0.4, 0.5) is 0 Å². The highest BCUT2D eigenvalue weighted by atomic mass is 16.5. The highest BCUT2D eigenvalue weighted by Crippen LogP contribution is 2.17. The molecule has 3 N–H and O–H groups in total. The number of unbranched alkanes of at least 4 members (excludes halogenated alkanes) is 46. The van der Waals surface area contributed by atoms with Crippen molar-refractivity contribution in [2.24, 2.45) is 0 Å². The number of ether oxygens (including phenoxy) is 1. The standard InChI is InChI=1S/C67H127NO5/c1-3-5-7-9-11-13-15-17-19-21-24-29-33-37-41-45-49-53-57-61-67(72)73-62-58-54-50-46-42-38-34-30-26-23-25-28-32-36-40-44-48-52-56-60-66(71)68-64(63-69)65(70)59-55-51-47-43-39-35-31-27-22-20-18-16-14-12-10-8-6-4-2/h17,19,23,25,55,59,64-65,69-70H,3-16,18,20-22,24,26-54,56-58,60-63H2,1-2H3,(H,68,71)/b19-17-,25-23-,59-55+. The van der Waals surface area contributed by atoms with Gasteiger partial charge in [-0.05, 0) is 83.5 Å². The second kappa shape index (κ2) is 62.6. The van der Waals surface area contributed by atoms with Gasteiger partial charge in [0, 0.05) is 12.8 Å². The van der Waals surface area contributed by atoms with Gasteiger partial charge in [0.2, 0.25) is 5.91 Å². The fourth-order valence-electron chi connectivity index (χ4n) is 10.1. The summed E-state index contributed by atoms with van der Waals surface area (Å²) in [5, 5.41) is 23.2. The van der Waals surface area contributed by atoms with E-state index < -0.39 is 12.1 Å². The third kappa shape index (κ3) is 59.2. The minimum absolute atomic E-state index is 0.00311. The van der Waals surface area contributed by atoms with Gasteiger partial charge < -0.3 is 20.3 Å². The lowest BCUT2D eigenvalue weighted by Gasteiger charge is -2.20. The summed E-state index contributed by atoms with van der Waals surface area (Å²) >= 11 is 0. The van der Waals surface area contributed by atoms with Crippen molar-refractivity contribution in [3.05, 3.63) is 36.5 Å². The molecule has 2 atom stereocenters. The number of allylic oxidation sites excluding steroid dienone is 5. The van der Waals surface area contributed by atoms with E-state index in [1.165, 1.54) is 276 Å². The molecule has 2 unspecified atom stereocenters. The Morgan fingerprint density at radius 2 is 0.644 bits per heavy atom. The van der Waals surface area contributed by atoms with E-state index in [2.05, 4.69) is 43.5 Å². The highest BCUT2D eigenvalue weighted by Gasteiger charge is 2.18. The minimum Gasteiger partial charge on any atom is -0.466 e. The molecular weight excluding hydrogens is 899 g/mol. The molecule has 0 radical (unpaired) electrons. The molecule has 0 aromatic carbocycles. The van der Waals surface area contributed by atoms with Crippen LogP contribution in [0.2, 0.25) is 0 Å². The van der Waals surface area contributed by atoms with Crippen molar-refractivity contribution in [3.8, 4) is 0 Å². The molecule has 6 nitrogen and oxygen atoms in total. The maximum atomic E-state index is 12.5. The molecule has 0 aliphatic rings. The second-order valence-electron chi connectivity index (χ2n) is 22.4. The Hall–Kier alpha value is -1.92. The number of hydrogen-bond acceptors (Lipinski definition) is 5. The quantitative estimate of drug-likeness (QED) is 0.0320. The van der Waals surface area contributed by atoms with Gasteiger partial charge in [-0.25, -0.2) is 0 Å². The summed E-state index contributed by atoms with van der Waals surface area (Å²) in [4.78, 5) is 24.6. The summed E-state index contributed by atoms with van der Waals surface area (Å²) in [6.45, 7) is 4.91. The first kappa shape index (κ1) is 71.1. The van der Waals surface area contributed by atoms with E-state index in [1.807, 2.05) is 6.08 Å². The van der Waals surface area contributed by atoms with Crippen LogP contribution in [0, 0.1) is 0 Å². The monoisotopic (exact) mass is 1030 g/mol. The molecule has 0 fully saturated rings. The lowest BCUT2D eigenvalue weighted by Crippen LogP contribution is -2.45. The molecule has 0 aromatic heterocycles. The van der Waals surface area contributed by atoms with Gasteiger partial charge in [-0.2, -0.15) is 0 Å². The van der Waals surface area contributed by atoms with Crippen molar-refractivity contribution >= 4 is 11.9 Å². The van der Waals surface area contributed by atoms with E-state index >= 15 is 0 Å². The van der Waals surface area contributed by atoms with E-state index in [0.717, 1.165) is 51.4 Å². The predicted molar refractivity (Wildman–Crippen MR) is 319 cm³/mol. The number of amides is 1. The third-order valence-corrected chi connectivity index (χ3v) is 15.1. The van der Waals surface area contributed by atoms with Crippen molar-refractivity contribution < 1.29 is 24.5 Å². The Bertz CT molecular complexity index is 1180. The zero-order valence-corrected chi connectivity index (χ0v) is 49.1. The number of esters is 1.